The summed E-state index contributed by atoms with van der Waals surface area (Å²) in [7, 11) is 0. The Hall–Kier alpha value is -2.35. The Morgan fingerprint density at radius 2 is 2.12 bits per heavy atom. The molecule has 2 aliphatic rings. The fraction of sp³-hybridized carbons (Fsp3) is 0.474. The van der Waals surface area contributed by atoms with Crippen molar-refractivity contribution in [3.05, 3.63) is 41.2 Å². The molecule has 1 aromatic rings. The second kappa shape index (κ2) is 5.94. The number of benzene rings is 1. The third-order valence-corrected chi connectivity index (χ3v) is 4.45. The summed E-state index contributed by atoms with van der Waals surface area (Å²) >= 11 is 0. The summed E-state index contributed by atoms with van der Waals surface area (Å²) in [6, 6.07) is 6.33. The number of halogens is 1. The van der Waals surface area contributed by atoms with Gasteiger partial charge in [-0.1, -0.05) is 6.08 Å². The van der Waals surface area contributed by atoms with E-state index in [9.17, 15) is 14.4 Å². The van der Waals surface area contributed by atoms with Gasteiger partial charge in [0.25, 0.3) is 0 Å². The third-order valence-electron chi connectivity index (χ3n) is 4.45. The molecule has 4 nitrogen and oxygen atoms in total. The summed E-state index contributed by atoms with van der Waals surface area (Å²) in [6.07, 6.45) is 4.06. The van der Waals surface area contributed by atoms with Crippen molar-refractivity contribution in [1.82, 2.24) is 4.90 Å². The minimum Gasteiger partial charge on any atom is -0.444 e. The molecule has 2 atom stereocenters. The fourth-order valence-corrected chi connectivity index (χ4v) is 3.51. The first-order valence-corrected chi connectivity index (χ1v) is 8.20. The van der Waals surface area contributed by atoms with E-state index < -0.39 is 5.60 Å². The van der Waals surface area contributed by atoms with Gasteiger partial charge in [-0.3, -0.25) is 4.90 Å². The Kier molecular flexibility index (Phi) is 4.08. The van der Waals surface area contributed by atoms with E-state index in [-0.39, 0.29) is 24.0 Å². The molecule has 3 rings (SSSR count). The van der Waals surface area contributed by atoms with Gasteiger partial charge in [0.1, 0.15) is 11.4 Å². The molecule has 2 unspecified atom stereocenters. The zero-order valence-electron chi connectivity index (χ0n) is 14.2. The van der Waals surface area contributed by atoms with Crippen LogP contribution in [0, 0.1) is 17.1 Å². The van der Waals surface area contributed by atoms with Crippen LogP contribution >= 0.6 is 0 Å². The van der Waals surface area contributed by atoms with Crippen molar-refractivity contribution >= 4 is 11.7 Å². The standard InChI is InChI=1S/C19H21FN2O2/c1-19(2,3)24-18(23)22-15-6-7-16(22)9-13(8-15)17-10-14(20)5-4-12(17)11-21/h4-5,8,10,15-16H,6-7,9H2,1-3H3. The van der Waals surface area contributed by atoms with Gasteiger partial charge in [-0.2, -0.15) is 5.26 Å². The number of rotatable bonds is 1. The number of ether oxygens (including phenoxy) is 1. The van der Waals surface area contributed by atoms with Gasteiger partial charge in [0.15, 0.2) is 0 Å². The zero-order chi connectivity index (χ0) is 17.5. The Bertz CT molecular complexity index is 743. The molecular weight excluding hydrogens is 307 g/mol. The Morgan fingerprint density at radius 1 is 1.38 bits per heavy atom. The highest BCUT2D eigenvalue weighted by molar-refractivity contribution is 5.77. The average Bonchev–Trinajstić information content (AvgIpc) is 2.76. The lowest BCUT2D eigenvalue weighted by Gasteiger charge is -2.35. The Morgan fingerprint density at radius 3 is 2.75 bits per heavy atom. The monoisotopic (exact) mass is 328 g/mol. The molecule has 2 aliphatic heterocycles. The molecule has 0 radical (unpaired) electrons. The Labute approximate surface area is 141 Å². The summed E-state index contributed by atoms with van der Waals surface area (Å²) in [5.74, 6) is -0.355. The first-order chi connectivity index (χ1) is 11.3. The van der Waals surface area contributed by atoms with E-state index in [0.29, 0.717) is 17.5 Å². The van der Waals surface area contributed by atoms with E-state index >= 15 is 0 Å². The molecule has 0 N–H and O–H groups in total. The van der Waals surface area contributed by atoms with Crippen LogP contribution < -0.4 is 0 Å². The third kappa shape index (κ3) is 3.14. The number of hydrogen-bond donors (Lipinski definition) is 0. The molecule has 1 fully saturated rings. The number of hydrogen-bond acceptors (Lipinski definition) is 3. The van der Waals surface area contributed by atoms with Crippen LogP contribution in [0.15, 0.2) is 24.3 Å². The van der Waals surface area contributed by atoms with Gasteiger partial charge in [-0.25, -0.2) is 9.18 Å². The van der Waals surface area contributed by atoms with E-state index in [2.05, 4.69) is 6.07 Å². The van der Waals surface area contributed by atoms with E-state index in [4.69, 9.17) is 4.74 Å². The van der Waals surface area contributed by atoms with Gasteiger partial charge < -0.3 is 4.74 Å². The van der Waals surface area contributed by atoms with Crippen LogP contribution in [0.2, 0.25) is 0 Å². The van der Waals surface area contributed by atoms with Crippen molar-refractivity contribution in [2.75, 3.05) is 0 Å². The van der Waals surface area contributed by atoms with Crippen molar-refractivity contribution in [1.29, 1.82) is 5.26 Å². The number of amides is 1. The highest BCUT2D eigenvalue weighted by atomic mass is 19.1. The second-order valence-corrected chi connectivity index (χ2v) is 7.38. The smallest absolute Gasteiger partial charge is 0.411 e. The van der Waals surface area contributed by atoms with Crippen LogP contribution in [-0.2, 0) is 4.74 Å². The lowest BCUT2D eigenvalue weighted by atomic mass is 9.92. The number of nitriles is 1. The maximum atomic E-state index is 13.6. The maximum absolute atomic E-state index is 13.6. The molecule has 126 valence electrons. The fourth-order valence-electron chi connectivity index (χ4n) is 3.51. The van der Waals surface area contributed by atoms with Crippen molar-refractivity contribution in [2.45, 2.75) is 57.7 Å². The highest BCUT2D eigenvalue weighted by Gasteiger charge is 2.41. The normalized spacial score (nSPS) is 22.8. The van der Waals surface area contributed by atoms with Crippen molar-refractivity contribution in [3.8, 4) is 6.07 Å². The van der Waals surface area contributed by atoms with Crippen molar-refractivity contribution in [3.63, 3.8) is 0 Å². The molecule has 2 bridgehead atoms. The second-order valence-electron chi connectivity index (χ2n) is 7.38. The predicted molar refractivity (Wildman–Crippen MR) is 88.6 cm³/mol. The summed E-state index contributed by atoms with van der Waals surface area (Å²) in [5.41, 5.74) is 1.52. The maximum Gasteiger partial charge on any atom is 0.411 e. The molecule has 2 heterocycles. The highest BCUT2D eigenvalue weighted by Crippen LogP contribution is 2.40. The number of nitrogens with zero attached hydrogens (tertiary/aromatic N) is 2. The van der Waals surface area contributed by atoms with Gasteiger partial charge in [0.2, 0.25) is 0 Å². The summed E-state index contributed by atoms with van der Waals surface area (Å²) < 4.78 is 19.1. The van der Waals surface area contributed by atoms with E-state index in [1.54, 1.807) is 4.90 Å². The van der Waals surface area contributed by atoms with E-state index in [1.165, 1.54) is 18.2 Å². The Balaban J connectivity index is 1.89. The molecule has 5 heteroatoms. The minimum atomic E-state index is -0.531. The molecule has 0 aliphatic carbocycles. The minimum absolute atomic E-state index is 0.0414. The van der Waals surface area contributed by atoms with Gasteiger partial charge in [-0.05, 0) is 69.4 Å². The molecule has 1 amide bonds. The first-order valence-electron chi connectivity index (χ1n) is 8.20. The first kappa shape index (κ1) is 16.5. The van der Waals surface area contributed by atoms with Crippen LogP contribution in [0.5, 0.6) is 0 Å². The van der Waals surface area contributed by atoms with Crippen LogP contribution in [0.3, 0.4) is 0 Å². The molecule has 0 aromatic heterocycles. The average molecular weight is 328 g/mol. The molecule has 1 saturated heterocycles. The van der Waals surface area contributed by atoms with Crippen molar-refractivity contribution in [2.24, 2.45) is 0 Å². The molecule has 0 saturated carbocycles. The quantitative estimate of drug-likeness (QED) is 0.774. The largest absolute Gasteiger partial charge is 0.444 e. The number of fused-ring (bicyclic) bond motifs is 2. The molecule has 1 aromatic carbocycles. The zero-order valence-corrected chi connectivity index (χ0v) is 14.2. The number of carbonyl (C=O) groups excluding carboxylic acids is 1. The van der Waals surface area contributed by atoms with Gasteiger partial charge in [0.05, 0.1) is 17.7 Å². The summed E-state index contributed by atoms with van der Waals surface area (Å²) in [6.45, 7) is 5.55. The number of carbonyl (C=O) groups is 1. The summed E-state index contributed by atoms with van der Waals surface area (Å²) in [5, 5.41) is 9.27. The van der Waals surface area contributed by atoms with E-state index in [1.807, 2.05) is 26.8 Å². The van der Waals surface area contributed by atoms with E-state index in [0.717, 1.165) is 18.4 Å². The van der Waals surface area contributed by atoms with Gasteiger partial charge in [-0.15, -0.1) is 0 Å². The molecule has 24 heavy (non-hydrogen) atoms. The van der Waals surface area contributed by atoms with Crippen molar-refractivity contribution < 1.29 is 13.9 Å². The van der Waals surface area contributed by atoms with Crippen LogP contribution in [0.4, 0.5) is 9.18 Å². The lowest BCUT2D eigenvalue weighted by Crippen LogP contribution is -2.45. The van der Waals surface area contributed by atoms with Crippen LogP contribution in [-0.4, -0.2) is 28.7 Å². The molecular formula is C19H21FN2O2. The van der Waals surface area contributed by atoms with Crippen LogP contribution in [0.25, 0.3) is 5.57 Å². The topological polar surface area (TPSA) is 53.3 Å². The lowest BCUT2D eigenvalue weighted by molar-refractivity contribution is 0.0175. The SMILES string of the molecule is CC(C)(C)OC(=O)N1C2C=C(c3cc(F)ccc3C#N)CC1CC2. The van der Waals surface area contributed by atoms with Crippen LogP contribution in [0.1, 0.15) is 51.2 Å². The van der Waals surface area contributed by atoms with Gasteiger partial charge in [0, 0.05) is 6.04 Å². The predicted octanol–water partition coefficient (Wildman–Crippen LogP) is 4.25. The molecule has 0 spiro atoms. The summed E-state index contributed by atoms with van der Waals surface area (Å²) in [4.78, 5) is 14.2. The van der Waals surface area contributed by atoms with Gasteiger partial charge >= 0.3 is 6.09 Å².